The quantitative estimate of drug-likeness (QED) is 0.630. The van der Waals surface area contributed by atoms with Crippen molar-refractivity contribution in [1.82, 2.24) is 14.9 Å². The van der Waals surface area contributed by atoms with E-state index in [9.17, 15) is 13.2 Å². The highest BCUT2D eigenvalue weighted by Crippen LogP contribution is 2.08. The molecule has 90 valence electrons. The summed E-state index contributed by atoms with van der Waals surface area (Å²) in [6.45, 7) is 3.40. The van der Waals surface area contributed by atoms with Gasteiger partial charge >= 0.3 is 0 Å². The predicted molar refractivity (Wildman–Crippen MR) is 56.7 cm³/mol. The average molecular weight is 246 g/mol. The summed E-state index contributed by atoms with van der Waals surface area (Å²) in [5.41, 5.74) is 5.11. The van der Waals surface area contributed by atoms with Gasteiger partial charge in [0, 0.05) is 0 Å². The molecule has 1 aromatic rings. The third-order valence-corrected chi connectivity index (χ3v) is 3.39. The lowest BCUT2D eigenvalue weighted by atomic mass is 10.1. The summed E-state index contributed by atoms with van der Waals surface area (Å²) in [5, 5.41) is 5.74. The number of carbonyl (C=O) groups is 1. The maximum Gasteiger partial charge on any atom is 0.258 e. The van der Waals surface area contributed by atoms with Crippen LogP contribution in [0.25, 0.3) is 0 Å². The van der Waals surface area contributed by atoms with Crippen LogP contribution in [0, 0.1) is 5.92 Å². The number of sulfonamides is 1. The summed E-state index contributed by atoms with van der Waals surface area (Å²) in [6.07, 6.45) is 1.31. The van der Waals surface area contributed by atoms with E-state index < -0.39 is 22.0 Å². The number of rotatable bonds is 5. The average Bonchev–Trinajstić information content (AvgIpc) is 2.66. The lowest BCUT2D eigenvalue weighted by Crippen LogP contribution is -2.47. The van der Waals surface area contributed by atoms with E-state index in [1.54, 1.807) is 13.8 Å². The van der Waals surface area contributed by atoms with Crippen molar-refractivity contribution in [3.63, 3.8) is 0 Å². The maximum absolute atomic E-state index is 11.7. The van der Waals surface area contributed by atoms with Gasteiger partial charge in [0.05, 0.1) is 6.20 Å². The molecule has 0 radical (unpaired) electrons. The predicted octanol–water partition coefficient (Wildman–Crippen LogP) is -0.802. The van der Waals surface area contributed by atoms with Gasteiger partial charge in [0.2, 0.25) is 5.91 Å². The second-order valence-electron chi connectivity index (χ2n) is 3.67. The number of nitrogens with one attached hydrogen (secondary N) is 2. The molecule has 0 aliphatic heterocycles. The largest absolute Gasteiger partial charge is 0.368 e. The molecular weight excluding hydrogens is 232 g/mol. The first-order chi connectivity index (χ1) is 7.34. The van der Waals surface area contributed by atoms with E-state index in [0.717, 1.165) is 0 Å². The third-order valence-electron chi connectivity index (χ3n) is 2.02. The lowest BCUT2D eigenvalue weighted by molar-refractivity contribution is -0.120. The number of nitrogens with two attached hydrogens (primary N) is 1. The molecule has 0 bridgehead atoms. The summed E-state index contributed by atoms with van der Waals surface area (Å²) in [4.78, 5) is 11.1. The number of aromatic nitrogens is 2. The highest BCUT2D eigenvalue weighted by molar-refractivity contribution is 7.89. The first-order valence-corrected chi connectivity index (χ1v) is 6.14. The first kappa shape index (κ1) is 12.7. The monoisotopic (exact) mass is 246 g/mol. The molecule has 4 N–H and O–H groups in total. The Morgan fingerprint density at radius 3 is 2.56 bits per heavy atom. The van der Waals surface area contributed by atoms with Crippen molar-refractivity contribution in [2.24, 2.45) is 11.7 Å². The van der Waals surface area contributed by atoms with Gasteiger partial charge in [-0.3, -0.25) is 9.89 Å². The van der Waals surface area contributed by atoms with Crippen LogP contribution in [0.4, 0.5) is 0 Å². The summed E-state index contributed by atoms with van der Waals surface area (Å²) in [7, 11) is -3.78. The van der Waals surface area contributed by atoms with Crippen molar-refractivity contribution in [1.29, 1.82) is 0 Å². The number of H-pyrrole nitrogens is 1. The second-order valence-corrected chi connectivity index (χ2v) is 5.35. The lowest BCUT2D eigenvalue weighted by Gasteiger charge is -2.18. The molecule has 1 unspecified atom stereocenters. The number of carbonyl (C=O) groups excluding carboxylic acids is 1. The van der Waals surface area contributed by atoms with Gasteiger partial charge in [-0.2, -0.15) is 9.82 Å². The molecule has 0 saturated heterocycles. The summed E-state index contributed by atoms with van der Waals surface area (Å²) < 4.78 is 25.7. The highest BCUT2D eigenvalue weighted by Gasteiger charge is 2.27. The Morgan fingerprint density at radius 2 is 2.19 bits per heavy atom. The van der Waals surface area contributed by atoms with E-state index >= 15 is 0 Å². The molecule has 7 nitrogen and oxygen atoms in total. The SMILES string of the molecule is CC(C)C(NS(=O)(=O)c1ccn[nH]1)C(N)=O. The van der Waals surface area contributed by atoms with Gasteiger partial charge in [0.1, 0.15) is 6.04 Å². The second kappa shape index (κ2) is 4.62. The molecule has 0 fully saturated rings. The number of amides is 1. The number of hydrogen-bond donors (Lipinski definition) is 3. The van der Waals surface area contributed by atoms with Crippen molar-refractivity contribution in [2.45, 2.75) is 24.9 Å². The summed E-state index contributed by atoms with van der Waals surface area (Å²) >= 11 is 0. The van der Waals surface area contributed by atoms with E-state index in [0.29, 0.717) is 0 Å². The molecule has 1 rings (SSSR count). The molecule has 0 aromatic carbocycles. The Kier molecular flexibility index (Phi) is 3.66. The van der Waals surface area contributed by atoms with Crippen LogP contribution in [0.3, 0.4) is 0 Å². The fraction of sp³-hybridized carbons (Fsp3) is 0.500. The topological polar surface area (TPSA) is 118 Å². The number of aromatic amines is 1. The van der Waals surface area contributed by atoms with Crippen molar-refractivity contribution < 1.29 is 13.2 Å². The van der Waals surface area contributed by atoms with Gasteiger partial charge in [-0.25, -0.2) is 8.42 Å². The Labute approximate surface area is 93.5 Å². The highest BCUT2D eigenvalue weighted by atomic mass is 32.2. The Hall–Kier alpha value is -1.41. The molecular formula is C8H14N4O3S. The Balaban J connectivity index is 2.92. The molecule has 0 aliphatic rings. The minimum atomic E-state index is -3.78. The zero-order valence-corrected chi connectivity index (χ0v) is 9.78. The number of primary amides is 1. The van der Waals surface area contributed by atoms with E-state index in [1.807, 2.05) is 0 Å². The smallest absolute Gasteiger partial charge is 0.258 e. The van der Waals surface area contributed by atoms with Crippen LogP contribution >= 0.6 is 0 Å². The van der Waals surface area contributed by atoms with Crippen LogP contribution in [-0.4, -0.2) is 30.6 Å². The summed E-state index contributed by atoms with van der Waals surface area (Å²) in [5.74, 6) is -0.937. The zero-order valence-electron chi connectivity index (χ0n) is 8.97. The molecule has 0 aliphatic carbocycles. The number of nitrogens with zero attached hydrogens (tertiary/aromatic N) is 1. The van der Waals surface area contributed by atoms with Crippen molar-refractivity contribution >= 4 is 15.9 Å². The molecule has 1 atom stereocenters. The molecule has 1 heterocycles. The van der Waals surface area contributed by atoms with Crippen molar-refractivity contribution in [3.05, 3.63) is 12.3 Å². The van der Waals surface area contributed by atoms with Crippen molar-refractivity contribution in [2.75, 3.05) is 0 Å². The zero-order chi connectivity index (χ0) is 12.3. The van der Waals surface area contributed by atoms with Gasteiger partial charge < -0.3 is 5.73 Å². The first-order valence-electron chi connectivity index (χ1n) is 4.65. The molecule has 0 saturated carbocycles. The van der Waals surface area contributed by atoms with E-state index in [1.165, 1.54) is 12.3 Å². The maximum atomic E-state index is 11.7. The van der Waals surface area contributed by atoms with Crippen LogP contribution in [-0.2, 0) is 14.8 Å². The molecule has 1 aromatic heterocycles. The fourth-order valence-corrected chi connectivity index (χ4v) is 2.41. The van der Waals surface area contributed by atoms with Gasteiger partial charge in [-0.1, -0.05) is 13.8 Å². The van der Waals surface area contributed by atoms with Gasteiger partial charge in [-0.05, 0) is 12.0 Å². The molecule has 16 heavy (non-hydrogen) atoms. The van der Waals surface area contributed by atoms with Gasteiger partial charge in [0.15, 0.2) is 5.03 Å². The minimum absolute atomic E-state index is 0.0978. The van der Waals surface area contributed by atoms with Gasteiger partial charge in [0.25, 0.3) is 10.0 Å². The fourth-order valence-electron chi connectivity index (χ4n) is 1.15. The number of hydrogen-bond acceptors (Lipinski definition) is 4. The van der Waals surface area contributed by atoms with Crippen LogP contribution in [0.5, 0.6) is 0 Å². The summed E-state index contributed by atoms with van der Waals surface area (Å²) in [6, 6.07) is 0.356. The Morgan fingerprint density at radius 1 is 1.56 bits per heavy atom. The van der Waals surface area contributed by atoms with Crippen LogP contribution in [0.15, 0.2) is 17.3 Å². The minimum Gasteiger partial charge on any atom is -0.368 e. The van der Waals surface area contributed by atoms with Crippen molar-refractivity contribution in [3.8, 4) is 0 Å². The van der Waals surface area contributed by atoms with Crippen LogP contribution < -0.4 is 10.5 Å². The van der Waals surface area contributed by atoms with Crippen LogP contribution in [0.1, 0.15) is 13.8 Å². The van der Waals surface area contributed by atoms with Crippen LogP contribution in [0.2, 0.25) is 0 Å². The van der Waals surface area contributed by atoms with E-state index in [-0.39, 0.29) is 10.9 Å². The molecule has 0 spiro atoms. The molecule has 1 amide bonds. The van der Waals surface area contributed by atoms with E-state index in [4.69, 9.17) is 5.73 Å². The van der Waals surface area contributed by atoms with E-state index in [2.05, 4.69) is 14.9 Å². The Bertz CT molecular complexity index is 452. The standard InChI is InChI=1S/C8H14N4O3S/c1-5(2)7(8(9)13)12-16(14,15)6-3-4-10-11-6/h3-5,7,12H,1-2H3,(H2,9,13)(H,10,11). The van der Waals surface area contributed by atoms with Gasteiger partial charge in [-0.15, -0.1) is 0 Å². The molecule has 8 heteroatoms. The third kappa shape index (κ3) is 2.80. The normalized spacial score (nSPS) is 13.9.